The normalized spacial score (nSPS) is 16.8. The molecule has 1 aromatic carbocycles. The summed E-state index contributed by atoms with van der Waals surface area (Å²) in [7, 11) is 1.50. The first kappa shape index (κ1) is 19.8. The molecule has 1 N–H and O–H groups in total. The second-order valence-corrected chi connectivity index (χ2v) is 8.21. The molecule has 1 aliphatic rings. The molecule has 0 amide bonds. The minimum absolute atomic E-state index is 0.0748. The van der Waals surface area contributed by atoms with E-state index < -0.39 is 11.4 Å². The van der Waals surface area contributed by atoms with Crippen molar-refractivity contribution in [3.05, 3.63) is 57.6 Å². The van der Waals surface area contributed by atoms with Crippen LogP contribution in [0.5, 0.6) is 5.75 Å². The van der Waals surface area contributed by atoms with Crippen molar-refractivity contribution in [2.45, 2.75) is 31.5 Å². The van der Waals surface area contributed by atoms with Crippen LogP contribution in [-0.2, 0) is 13.1 Å². The third kappa shape index (κ3) is 4.42. The molecule has 154 valence electrons. The predicted molar refractivity (Wildman–Crippen MR) is 106 cm³/mol. The van der Waals surface area contributed by atoms with Gasteiger partial charge in [-0.3, -0.25) is 4.90 Å². The largest absolute Gasteiger partial charge is 0.497 e. The lowest BCUT2D eigenvalue weighted by Gasteiger charge is -2.37. The number of aromatic nitrogens is 2. The van der Waals surface area contributed by atoms with Gasteiger partial charge in [-0.1, -0.05) is 12.1 Å². The Morgan fingerprint density at radius 2 is 2.14 bits per heavy atom. The molecule has 9 heteroatoms. The maximum Gasteiger partial charge on any atom is 0.437 e. The van der Waals surface area contributed by atoms with Crippen molar-refractivity contribution in [2.75, 3.05) is 20.2 Å². The van der Waals surface area contributed by atoms with E-state index in [-0.39, 0.29) is 18.3 Å². The Morgan fingerprint density at radius 3 is 2.79 bits per heavy atom. The minimum atomic E-state index is -1.05. The van der Waals surface area contributed by atoms with E-state index in [9.17, 15) is 14.3 Å². The number of aliphatic hydroxyl groups is 1. The molecule has 1 aliphatic heterocycles. The molecule has 7 nitrogen and oxygen atoms in total. The summed E-state index contributed by atoms with van der Waals surface area (Å²) >= 11 is 1.43. The number of hydrogen-bond donors (Lipinski definition) is 1. The first-order valence-corrected chi connectivity index (χ1v) is 10.2. The number of ether oxygens (including phenoxy) is 1. The molecule has 0 unspecified atom stereocenters. The van der Waals surface area contributed by atoms with Gasteiger partial charge in [-0.2, -0.15) is 4.68 Å². The van der Waals surface area contributed by atoms with E-state index in [2.05, 4.69) is 10.00 Å². The highest BCUT2D eigenvalue weighted by Crippen LogP contribution is 2.27. The Kier molecular flexibility index (Phi) is 5.53. The summed E-state index contributed by atoms with van der Waals surface area (Å²) in [5, 5.41) is 17.0. The number of halogens is 1. The van der Waals surface area contributed by atoms with Gasteiger partial charge in [0, 0.05) is 31.3 Å². The first-order chi connectivity index (χ1) is 14.0. The smallest absolute Gasteiger partial charge is 0.437 e. The van der Waals surface area contributed by atoms with E-state index in [1.165, 1.54) is 29.2 Å². The van der Waals surface area contributed by atoms with Gasteiger partial charge in [0.1, 0.15) is 11.6 Å². The molecule has 3 aromatic rings. The van der Waals surface area contributed by atoms with Gasteiger partial charge in [0.25, 0.3) is 5.89 Å². The standard InChI is InChI=1S/C20H22FN3O4S/c1-27-15-5-4-14(16(21)11-15)12-23-8-6-20(26,7-9-23)13-24-19(25)28-18(22-24)17-3-2-10-29-17/h2-5,10-11,26H,6-9,12-13H2,1H3. The molecule has 0 atom stereocenters. The SMILES string of the molecule is COc1ccc(CN2CCC(O)(Cn3nc(-c4cccs4)oc3=O)CC2)c(F)c1. The van der Waals surface area contributed by atoms with Crippen molar-refractivity contribution < 1.29 is 18.7 Å². The number of methoxy groups -OCH3 is 1. The van der Waals surface area contributed by atoms with Gasteiger partial charge in [-0.05, 0) is 30.4 Å². The van der Waals surface area contributed by atoms with Gasteiger partial charge in [0.05, 0.1) is 24.1 Å². The first-order valence-electron chi connectivity index (χ1n) is 9.35. The molecule has 0 saturated carbocycles. The lowest BCUT2D eigenvalue weighted by molar-refractivity contribution is -0.0393. The molecular formula is C20H22FN3O4S. The highest BCUT2D eigenvalue weighted by Gasteiger charge is 2.34. The number of likely N-dealkylation sites (tertiary alicyclic amines) is 1. The molecule has 29 heavy (non-hydrogen) atoms. The summed E-state index contributed by atoms with van der Waals surface area (Å²) in [6.45, 7) is 1.71. The molecule has 1 saturated heterocycles. The van der Waals surface area contributed by atoms with Crippen LogP contribution in [0, 0.1) is 5.82 Å². The van der Waals surface area contributed by atoms with Crippen molar-refractivity contribution in [1.82, 2.24) is 14.7 Å². The lowest BCUT2D eigenvalue weighted by Crippen LogP contribution is -2.47. The monoisotopic (exact) mass is 419 g/mol. The Morgan fingerprint density at radius 1 is 1.34 bits per heavy atom. The number of nitrogens with zero attached hydrogens (tertiary/aromatic N) is 3. The second-order valence-electron chi connectivity index (χ2n) is 7.27. The third-order valence-electron chi connectivity index (χ3n) is 5.22. The second kappa shape index (κ2) is 8.10. The highest BCUT2D eigenvalue weighted by atomic mass is 32.1. The van der Waals surface area contributed by atoms with Gasteiger partial charge < -0.3 is 14.3 Å². The van der Waals surface area contributed by atoms with Crippen LogP contribution in [0.4, 0.5) is 4.39 Å². The Bertz CT molecular complexity index is 1020. The summed E-state index contributed by atoms with van der Waals surface area (Å²) in [4.78, 5) is 15.0. The molecule has 2 aromatic heterocycles. The van der Waals surface area contributed by atoms with Crippen LogP contribution in [-0.4, -0.2) is 45.6 Å². The number of hydrogen-bond acceptors (Lipinski definition) is 7. The van der Waals surface area contributed by atoms with Crippen LogP contribution in [0.3, 0.4) is 0 Å². The molecule has 0 radical (unpaired) electrons. The average Bonchev–Trinajstić information content (AvgIpc) is 3.35. The zero-order valence-electron chi connectivity index (χ0n) is 16.0. The number of benzene rings is 1. The van der Waals surface area contributed by atoms with Crippen LogP contribution in [0.2, 0.25) is 0 Å². The van der Waals surface area contributed by atoms with Gasteiger partial charge >= 0.3 is 5.76 Å². The molecule has 3 heterocycles. The van der Waals surface area contributed by atoms with Gasteiger partial charge in [0.15, 0.2) is 0 Å². The summed E-state index contributed by atoms with van der Waals surface area (Å²) in [5.74, 6) is -0.134. The number of rotatable bonds is 6. The average molecular weight is 419 g/mol. The quantitative estimate of drug-likeness (QED) is 0.662. The van der Waals surface area contributed by atoms with Crippen molar-refractivity contribution in [3.8, 4) is 16.5 Å². The fraction of sp³-hybridized carbons (Fsp3) is 0.400. The fourth-order valence-corrected chi connectivity index (χ4v) is 4.14. The fourth-order valence-electron chi connectivity index (χ4n) is 3.49. The van der Waals surface area contributed by atoms with E-state index in [4.69, 9.17) is 9.15 Å². The highest BCUT2D eigenvalue weighted by molar-refractivity contribution is 7.13. The number of piperidine rings is 1. The van der Waals surface area contributed by atoms with Crippen LogP contribution in [0.1, 0.15) is 18.4 Å². The minimum Gasteiger partial charge on any atom is -0.497 e. The summed E-state index contributed by atoms with van der Waals surface area (Å²) < 4.78 is 25.6. The molecule has 1 fully saturated rings. The molecule has 4 rings (SSSR count). The lowest BCUT2D eigenvalue weighted by atomic mass is 9.91. The third-order valence-corrected chi connectivity index (χ3v) is 6.08. The molecule has 0 spiro atoms. The maximum absolute atomic E-state index is 14.2. The number of thiophene rings is 1. The zero-order valence-corrected chi connectivity index (χ0v) is 16.8. The van der Waals surface area contributed by atoms with E-state index in [0.29, 0.717) is 43.8 Å². The van der Waals surface area contributed by atoms with E-state index in [0.717, 1.165) is 4.88 Å². The van der Waals surface area contributed by atoms with Crippen LogP contribution >= 0.6 is 11.3 Å². The van der Waals surface area contributed by atoms with Crippen molar-refractivity contribution >= 4 is 11.3 Å². The van der Waals surface area contributed by atoms with Crippen LogP contribution in [0.15, 0.2) is 44.9 Å². The van der Waals surface area contributed by atoms with Crippen LogP contribution in [0.25, 0.3) is 10.8 Å². The molecule has 0 aliphatic carbocycles. The predicted octanol–water partition coefficient (Wildman–Crippen LogP) is 2.74. The van der Waals surface area contributed by atoms with Gasteiger partial charge in [0.2, 0.25) is 0 Å². The van der Waals surface area contributed by atoms with Crippen molar-refractivity contribution in [1.29, 1.82) is 0 Å². The van der Waals surface area contributed by atoms with Crippen LogP contribution < -0.4 is 10.5 Å². The van der Waals surface area contributed by atoms with E-state index in [1.807, 2.05) is 17.5 Å². The molecular weight excluding hydrogens is 397 g/mol. The Hall–Kier alpha value is -2.49. The Balaban J connectivity index is 1.38. The zero-order chi connectivity index (χ0) is 20.4. The maximum atomic E-state index is 14.2. The topological polar surface area (TPSA) is 80.7 Å². The Labute approximate surface area is 171 Å². The van der Waals surface area contributed by atoms with Crippen molar-refractivity contribution in [3.63, 3.8) is 0 Å². The van der Waals surface area contributed by atoms with Crippen molar-refractivity contribution in [2.24, 2.45) is 0 Å². The van der Waals surface area contributed by atoms with E-state index in [1.54, 1.807) is 12.1 Å². The summed E-state index contributed by atoms with van der Waals surface area (Å²) in [5.41, 5.74) is -0.466. The van der Waals surface area contributed by atoms with E-state index >= 15 is 0 Å². The summed E-state index contributed by atoms with van der Waals surface area (Å²) in [6.07, 6.45) is 0.914. The molecule has 0 bridgehead atoms. The summed E-state index contributed by atoms with van der Waals surface area (Å²) in [6, 6.07) is 8.51. The van der Waals surface area contributed by atoms with Gasteiger partial charge in [-0.15, -0.1) is 16.4 Å². The van der Waals surface area contributed by atoms with Gasteiger partial charge in [-0.25, -0.2) is 9.18 Å².